The molecule has 0 amide bonds. The number of nitrogens with zero attached hydrogens (tertiary/aromatic N) is 1. The van der Waals surface area contributed by atoms with Crippen molar-refractivity contribution in [3.8, 4) is 5.75 Å². The molecular formula is C22H24N2O4S. The van der Waals surface area contributed by atoms with Crippen molar-refractivity contribution in [2.45, 2.75) is 23.9 Å². The highest BCUT2D eigenvalue weighted by molar-refractivity contribution is 7.89. The van der Waals surface area contributed by atoms with Crippen molar-refractivity contribution in [2.24, 2.45) is 0 Å². The zero-order chi connectivity index (χ0) is 20.3. The highest BCUT2D eigenvalue weighted by Crippen LogP contribution is 2.28. The lowest BCUT2D eigenvalue weighted by molar-refractivity contribution is 0.160. The zero-order valence-corrected chi connectivity index (χ0v) is 17.1. The van der Waals surface area contributed by atoms with Crippen LogP contribution in [0.4, 0.5) is 0 Å². The highest BCUT2D eigenvalue weighted by atomic mass is 32.2. The van der Waals surface area contributed by atoms with Gasteiger partial charge >= 0.3 is 0 Å². The number of benzene rings is 2. The van der Waals surface area contributed by atoms with Gasteiger partial charge in [-0.05, 0) is 53.9 Å². The van der Waals surface area contributed by atoms with Gasteiger partial charge < -0.3 is 9.15 Å². The van der Waals surface area contributed by atoms with Crippen LogP contribution in [0.15, 0.2) is 76.2 Å². The fourth-order valence-corrected chi connectivity index (χ4v) is 4.74. The molecule has 0 fully saturated rings. The van der Waals surface area contributed by atoms with Gasteiger partial charge in [0.15, 0.2) is 0 Å². The van der Waals surface area contributed by atoms with Gasteiger partial charge in [0, 0.05) is 19.6 Å². The van der Waals surface area contributed by atoms with E-state index >= 15 is 0 Å². The summed E-state index contributed by atoms with van der Waals surface area (Å²) in [4.78, 5) is 2.47. The number of nitrogens with one attached hydrogen (secondary N) is 1. The van der Waals surface area contributed by atoms with E-state index in [1.54, 1.807) is 37.6 Å². The number of hydrogen-bond donors (Lipinski definition) is 1. The fourth-order valence-electron chi connectivity index (χ4n) is 3.70. The molecule has 1 aliphatic rings. The summed E-state index contributed by atoms with van der Waals surface area (Å²) < 4.78 is 39.1. The first kappa shape index (κ1) is 19.7. The molecule has 2 aromatic carbocycles. The summed E-state index contributed by atoms with van der Waals surface area (Å²) in [7, 11) is -2.10. The van der Waals surface area contributed by atoms with Crippen molar-refractivity contribution in [3.63, 3.8) is 0 Å². The van der Waals surface area contributed by atoms with Crippen LogP contribution < -0.4 is 9.46 Å². The number of hydrogen-bond acceptors (Lipinski definition) is 5. The molecule has 0 radical (unpaired) electrons. The Morgan fingerprint density at radius 1 is 1.07 bits per heavy atom. The molecule has 0 spiro atoms. The predicted molar refractivity (Wildman–Crippen MR) is 110 cm³/mol. The lowest BCUT2D eigenvalue weighted by Crippen LogP contribution is -2.40. The summed E-state index contributed by atoms with van der Waals surface area (Å²) in [5, 5.41) is 0. The van der Waals surface area contributed by atoms with Gasteiger partial charge in [-0.2, -0.15) is 0 Å². The quantitative estimate of drug-likeness (QED) is 0.644. The van der Waals surface area contributed by atoms with Crippen LogP contribution in [0.1, 0.15) is 22.9 Å². The molecule has 7 heteroatoms. The maximum absolute atomic E-state index is 12.8. The number of ether oxygens (including phenoxy) is 1. The molecule has 2 heterocycles. The molecule has 0 saturated carbocycles. The molecule has 0 unspecified atom stereocenters. The first-order valence-electron chi connectivity index (χ1n) is 9.55. The zero-order valence-electron chi connectivity index (χ0n) is 16.2. The van der Waals surface area contributed by atoms with Crippen LogP contribution >= 0.6 is 0 Å². The Morgan fingerprint density at radius 3 is 2.52 bits per heavy atom. The van der Waals surface area contributed by atoms with Gasteiger partial charge in [0.05, 0.1) is 24.3 Å². The minimum absolute atomic E-state index is 0.189. The van der Waals surface area contributed by atoms with Gasteiger partial charge in [-0.1, -0.05) is 24.3 Å². The minimum Gasteiger partial charge on any atom is -0.497 e. The Bertz CT molecular complexity index is 1050. The van der Waals surface area contributed by atoms with Crippen molar-refractivity contribution in [1.82, 2.24) is 9.62 Å². The van der Waals surface area contributed by atoms with Crippen LogP contribution in [0, 0.1) is 0 Å². The smallest absolute Gasteiger partial charge is 0.240 e. The average molecular weight is 413 g/mol. The van der Waals surface area contributed by atoms with Crippen molar-refractivity contribution in [1.29, 1.82) is 0 Å². The minimum atomic E-state index is -3.64. The number of rotatable bonds is 7. The molecule has 1 atom stereocenters. The van der Waals surface area contributed by atoms with Crippen LogP contribution in [-0.4, -0.2) is 33.5 Å². The molecule has 0 aliphatic carbocycles. The average Bonchev–Trinajstić information content (AvgIpc) is 3.28. The summed E-state index contributed by atoms with van der Waals surface area (Å²) in [5.74, 6) is 1.37. The number of sulfonamides is 1. The predicted octanol–water partition coefficient (Wildman–Crippen LogP) is 3.37. The van der Waals surface area contributed by atoms with Gasteiger partial charge in [-0.25, -0.2) is 13.1 Å². The molecule has 1 N–H and O–H groups in total. The van der Waals surface area contributed by atoms with E-state index in [4.69, 9.17) is 9.15 Å². The van der Waals surface area contributed by atoms with Crippen molar-refractivity contribution < 1.29 is 17.6 Å². The van der Waals surface area contributed by atoms with Crippen LogP contribution in [0.2, 0.25) is 0 Å². The largest absolute Gasteiger partial charge is 0.497 e. The first-order chi connectivity index (χ1) is 14.1. The van der Waals surface area contributed by atoms with Gasteiger partial charge in [0.25, 0.3) is 0 Å². The number of fused-ring (bicyclic) bond motifs is 1. The third kappa shape index (κ3) is 4.37. The van der Waals surface area contributed by atoms with E-state index in [0.717, 1.165) is 25.3 Å². The fraction of sp³-hybridized carbons (Fsp3) is 0.273. The summed E-state index contributed by atoms with van der Waals surface area (Å²) in [6, 6.07) is 18.3. The third-order valence-corrected chi connectivity index (χ3v) is 6.75. The van der Waals surface area contributed by atoms with Crippen LogP contribution in [0.25, 0.3) is 0 Å². The van der Waals surface area contributed by atoms with Gasteiger partial charge in [-0.3, -0.25) is 4.90 Å². The van der Waals surface area contributed by atoms with Crippen LogP contribution in [0.5, 0.6) is 5.75 Å². The maximum atomic E-state index is 12.8. The second kappa shape index (κ2) is 8.41. The van der Waals surface area contributed by atoms with Gasteiger partial charge in [-0.15, -0.1) is 0 Å². The highest BCUT2D eigenvalue weighted by Gasteiger charge is 2.28. The van der Waals surface area contributed by atoms with E-state index in [2.05, 4.69) is 27.8 Å². The molecule has 3 aromatic rings. The van der Waals surface area contributed by atoms with E-state index in [9.17, 15) is 8.42 Å². The lowest BCUT2D eigenvalue weighted by atomic mass is 9.98. The summed E-state index contributed by atoms with van der Waals surface area (Å²) in [6.45, 7) is 1.82. The van der Waals surface area contributed by atoms with Gasteiger partial charge in [0.2, 0.25) is 10.0 Å². The molecular weight excluding hydrogens is 388 g/mol. The van der Waals surface area contributed by atoms with Crippen LogP contribution in [-0.2, 0) is 23.0 Å². The monoisotopic (exact) mass is 412 g/mol. The number of methoxy groups -OCH3 is 1. The standard InChI is InChI=1S/C22H24N2O4S/c1-27-19-8-10-20(11-9-19)29(25,26)23-15-21(22-7-4-14-28-22)24-13-12-17-5-2-3-6-18(17)16-24/h2-11,14,21,23H,12-13,15-16H2,1H3/t21-/m0/s1. The Labute approximate surface area is 171 Å². The summed E-state index contributed by atoms with van der Waals surface area (Å²) in [5.41, 5.74) is 2.62. The van der Waals surface area contributed by atoms with E-state index in [1.165, 1.54) is 11.1 Å². The Hall–Kier alpha value is -2.61. The summed E-state index contributed by atoms with van der Waals surface area (Å²) in [6.07, 6.45) is 2.55. The second-order valence-corrected chi connectivity index (χ2v) is 8.81. The lowest BCUT2D eigenvalue weighted by Gasteiger charge is -2.34. The van der Waals surface area contributed by atoms with E-state index in [0.29, 0.717) is 5.75 Å². The number of furan rings is 1. The first-order valence-corrected chi connectivity index (χ1v) is 11.0. The summed E-state index contributed by atoms with van der Waals surface area (Å²) >= 11 is 0. The normalized spacial score (nSPS) is 15.6. The molecule has 6 nitrogen and oxygen atoms in total. The second-order valence-electron chi connectivity index (χ2n) is 7.05. The molecule has 152 valence electrons. The Morgan fingerprint density at radius 2 is 1.83 bits per heavy atom. The van der Waals surface area contributed by atoms with E-state index in [1.807, 2.05) is 18.2 Å². The van der Waals surface area contributed by atoms with Crippen molar-refractivity contribution >= 4 is 10.0 Å². The molecule has 29 heavy (non-hydrogen) atoms. The molecule has 1 aliphatic heterocycles. The maximum Gasteiger partial charge on any atom is 0.240 e. The van der Waals surface area contributed by atoms with Gasteiger partial charge in [0.1, 0.15) is 11.5 Å². The SMILES string of the molecule is COc1ccc(S(=O)(=O)NC[C@@H](c2ccco2)N2CCc3ccccc3C2)cc1. The molecule has 0 bridgehead atoms. The molecule has 0 saturated heterocycles. The van der Waals surface area contributed by atoms with Crippen LogP contribution in [0.3, 0.4) is 0 Å². The van der Waals surface area contributed by atoms with Crippen molar-refractivity contribution in [3.05, 3.63) is 83.8 Å². The molecule has 1 aromatic heterocycles. The van der Waals surface area contributed by atoms with E-state index in [-0.39, 0.29) is 17.5 Å². The van der Waals surface area contributed by atoms with Crippen molar-refractivity contribution in [2.75, 3.05) is 20.2 Å². The third-order valence-electron chi connectivity index (χ3n) is 5.31. The van der Waals surface area contributed by atoms with E-state index < -0.39 is 10.0 Å². The Balaban J connectivity index is 1.52. The molecule has 4 rings (SSSR count). The topological polar surface area (TPSA) is 71.8 Å². The Kier molecular flexibility index (Phi) is 5.71.